The van der Waals surface area contributed by atoms with E-state index in [9.17, 15) is 9.59 Å². The Morgan fingerprint density at radius 1 is 0.840 bits per heavy atom. The number of Topliss-reactive ketones (excluding diaryl/α,β-unsaturated/α-hetero) is 1. The average Bonchev–Trinajstić information content (AvgIpc) is 2.66. The predicted molar refractivity (Wildman–Crippen MR) is 100 cm³/mol. The fraction of sp³-hybridized carbons (Fsp3) is 0.364. The minimum atomic E-state index is -0.389. The third-order valence-electron chi connectivity index (χ3n) is 4.49. The van der Waals surface area contributed by atoms with Crippen molar-refractivity contribution < 1.29 is 14.3 Å². The summed E-state index contributed by atoms with van der Waals surface area (Å²) in [6.45, 7) is 6.45. The van der Waals surface area contributed by atoms with Gasteiger partial charge in [-0.2, -0.15) is 0 Å². The largest absolute Gasteiger partial charge is 0.462 e. The monoisotopic (exact) mass is 338 g/mol. The molecule has 0 bridgehead atoms. The molecule has 0 saturated carbocycles. The molecule has 132 valence electrons. The van der Waals surface area contributed by atoms with Crippen molar-refractivity contribution in [3.63, 3.8) is 0 Å². The molecule has 25 heavy (non-hydrogen) atoms. The van der Waals surface area contributed by atoms with Crippen LogP contribution in [-0.4, -0.2) is 18.4 Å². The van der Waals surface area contributed by atoms with Crippen LogP contribution in [0, 0.1) is 0 Å². The van der Waals surface area contributed by atoms with Crippen molar-refractivity contribution in [3.8, 4) is 0 Å². The maximum Gasteiger partial charge on any atom is 0.338 e. The number of carbonyl (C=O) groups is 2. The van der Waals surface area contributed by atoms with E-state index in [0.717, 1.165) is 30.4 Å². The molecule has 0 N–H and O–H groups in total. The number of hydrogen-bond donors (Lipinski definition) is 0. The Kier molecular flexibility index (Phi) is 6.93. The van der Waals surface area contributed by atoms with Gasteiger partial charge in [0.15, 0.2) is 5.78 Å². The lowest BCUT2D eigenvalue weighted by molar-refractivity contribution is 0.0496. The summed E-state index contributed by atoms with van der Waals surface area (Å²) in [5.74, 6) is -0.352. The molecule has 0 spiro atoms. The van der Waals surface area contributed by atoms with Gasteiger partial charge in [0, 0.05) is 12.0 Å². The molecule has 0 aliphatic heterocycles. The molecule has 0 heterocycles. The van der Waals surface area contributed by atoms with E-state index in [-0.39, 0.29) is 24.8 Å². The number of rotatable bonds is 8. The van der Waals surface area contributed by atoms with Crippen LogP contribution in [0.3, 0.4) is 0 Å². The van der Waals surface area contributed by atoms with Crippen LogP contribution in [0.1, 0.15) is 64.6 Å². The molecule has 2 aromatic carbocycles. The molecule has 0 radical (unpaired) electrons. The third-order valence-corrected chi connectivity index (χ3v) is 4.49. The highest BCUT2D eigenvalue weighted by Crippen LogP contribution is 2.23. The molecule has 2 aromatic rings. The third kappa shape index (κ3) is 4.56. The van der Waals surface area contributed by atoms with Gasteiger partial charge in [-0.3, -0.25) is 4.79 Å². The Labute approximate surface area is 150 Å². The Morgan fingerprint density at radius 3 is 2.12 bits per heavy atom. The summed E-state index contributed by atoms with van der Waals surface area (Å²) in [6.07, 6.45) is 2.94. The van der Waals surface area contributed by atoms with Crippen LogP contribution in [-0.2, 0) is 24.0 Å². The second kappa shape index (κ2) is 9.16. The molecule has 2 rings (SSSR count). The molecule has 0 unspecified atom stereocenters. The summed E-state index contributed by atoms with van der Waals surface area (Å²) in [5, 5.41) is 0. The summed E-state index contributed by atoms with van der Waals surface area (Å²) >= 11 is 0. The molecular formula is C22H26O3. The van der Waals surface area contributed by atoms with Crippen molar-refractivity contribution in [3.05, 3.63) is 70.3 Å². The van der Waals surface area contributed by atoms with Gasteiger partial charge >= 0.3 is 5.97 Å². The molecule has 0 saturated heterocycles. The van der Waals surface area contributed by atoms with Gasteiger partial charge in [-0.25, -0.2) is 4.79 Å². The lowest BCUT2D eigenvalue weighted by Gasteiger charge is -2.16. The molecule has 3 nitrogen and oxygen atoms in total. The predicted octanol–water partition coefficient (Wildman–Crippen LogP) is 4.80. The van der Waals surface area contributed by atoms with Gasteiger partial charge in [0.1, 0.15) is 0 Å². The fourth-order valence-corrected chi connectivity index (χ4v) is 3.21. The van der Waals surface area contributed by atoms with Crippen LogP contribution in [0.15, 0.2) is 42.5 Å². The number of hydrogen-bond acceptors (Lipinski definition) is 3. The van der Waals surface area contributed by atoms with Crippen LogP contribution >= 0.6 is 0 Å². The fourth-order valence-electron chi connectivity index (χ4n) is 3.21. The van der Waals surface area contributed by atoms with Crippen molar-refractivity contribution in [1.82, 2.24) is 0 Å². The van der Waals surface area contributed by atoms with Crippen molar-refractivity contribution in [1.29, 1.82) is 0 Å². The Hall–Kier alpha value is -2.42. The normalized spacial score (nSPS) is 10.5. The van der Waals surface area contributed by atoms with Crippen LogP contribution in [0.25, 0.3) is 0 Å². The first-order chi connectivity index (χ1) is 12.1. The van der Waals surface area contributed by atoms with Crippen LogP contribution in [0.4, 0.5) is 0 Å². The maximum atomic E-state index is 12.6. The van der Waals surface area contributed by atoms with Gasteiger partial charge in [-0.1, -0.05) is 51.1 Å². The van der Waals surface area contributed by atoms with E-state index in [1.54, 1.807) is 24.3 Å². The first kappa shape index (κ1) is 18.9. The SMILES string of the molecule is CCc1ccc(C(=O)CCOC(=O)c2ccccc2)c(CC)c1CC. The van der Waals surface area contributed by atoms with E-state index in [4.69, 9.17) is 4.74 Å². The van der Waals surface area contributed by atoms with Gasteiger partial charge in [-0.15, -0.1) is 0 Å². The van der Waals surface area contributed by atoms with E-state index in [0.29, 0.717) is 5.56 Å². The Balaban J connectivity index is 2.05. The van der Waals surface area contributed by atoms with Crippen molar-refractivity contribution >= 4 is 11.8 Å². The smallest absolute Gasteiger partial charge is 0.338 e. The molecule has 0 fully saturated rings. The van der Waals surface area contributed by atoms with Crippen molar-refractivity contribution in [2.45, 2.75) is 46.5 Å². The zero-order valence-electron chi connectivity index (χ0n) is 15.3. The second-order valence-corrected chi connectivity index (χ2v) is 5.97. The van der Waals surface area contributed by atoms with E-state index in [1.165, 1.54) is 11.1 Å². The molecule has 0 aliphatic carbocycles. The summed E-state index contributed by atoms with van der Waals surface area (Å²) in [4.78, 5) is 24.6. The van der Waals surface area contributed by atoms with Crippen molar-refractivity contribution in [2.75, 3.05) is 6.61 Å². The van der Waals surface area contributed by atoms with E-state index < -0.39 is 0 Å². The summed E-state index contributed by atoms with van der Waals surface area (Å²) in [7, 11) is 0. The number of aryl methyl sites for hydroxylation is 1. The average molecular weight is 338 g/mol. The molecular weight excluding hydrogens is 312 g/mol. The molecule has 0 amide bonds. The number of ether oxygens (including phenoxy) is 1. The highest BCUT2D eigenvalue weighted by atomic mass is 16.5. The van der Waals surface area contributed by atoms with E-state index in [2.05, 4.69) is 26.8 Å². The highest BCUT2D eigenvalue weighted by Gasteiger charge is 2.16. The number of benzene rings is 2. The minimum absolute atomic E-state index is 0.0371. The minimum Gasteiger partial charge on any atom is -0.462 e. The lowest BCUT2D eigenvalue weighted by Crippen LogP contribution is -2.13. The van der Waals surface area contributed by atoms with Gasteiger partial charge < -0.3 is 4.74 Å². The maximum absolute atomic E-state index is 12.6. The van der Waals surface area contributed by atoms with Gasteiger partial charge in [-0.05, 0) is 48.1 Å². The van der Waals surface area contributed by atoms with Crippen LogP contribution in [0.5, 0.6) is 0 Å². The van der Waals surface area contributed by atoms with Gasteiger partial charge in [0.2, 0.25) is 0 Å². The Bertz CT molecular complexity index is 732. The number of esters is 1. The molecule has 3 heteroatoms. The first-order valence-corrected chi connectivity index (χ1v) is 9.01. The van der Waals surface area contributed by atoms with Gasteiger partial charge in [0.25, 0.3) is 0 Å². The number of ketones is 1. The molecule has 0 aromatic heterocycles. The van der Waals surface area contributed by atoms with Crippen LogP contribution < -0.4 is 0 Å². The standard InChI is InChI=1S/C22H26O3/c1-4-16-12-13-20(19(6-3)18(16)5-2)21(23)14-15-25-22(24)17-10-8-7-9-11-17/h7-13H,4-6,14-15H2,1-3H3. The lowest BCUT2D eigenvalue weighted by atomic mass is 9.89. The second-order valence-electron chi connectivity index (χ2n) is 5.97. The Morgan fingerprint density at radius 2 is 1.52 bits per heavy atom. The molecule has 0 aliphatic rings. The quantitative estimate of drug-likeness (QED) is 0.513. The van der Waals surface area contributed by atoms with E-state index in [1.807, 2.05) is 12.1 Å². The van der Waals surface area contributed by atoms with Crippen LogP contribution in [0.2, 0.25) is 0 Å². The number of carbonyl (C=O) groups excluding carboxylic acids is 2. The first-order valence-electron chi connectivity index (χ1n) is 9.01. The zero-order chi connectivity index (χ0) is 18.2. The summed E-state index contributed by atoms with van der Waals surface area (Å²) in [5.41, 5.74) is 5.02. The summed E-state index contributed by atoms with van der Waals surface area (Å²) in [6, 6.07) is 12.8. The topological polar surface area (TPSA) is 43.4 Å². The molecule has 0 atom stereocenters. The van der Waals surface area contributed by atoms with E-state index >= 15 is 0 Å². The van der Waals surface area contributed by atoms with Crippen molar-refractivity contribution in [2.24, 2.45) is 0 Å². The van der Waals surface area contributed by atoms with Gasteiger partial charge in [0.05, 0.1) is 12.2 Å². The zero-order valence-corrected chi connectivity index (χ0v) is 15.3. The summed E-state index contributed by atoms with van der Waals surface area (Å²) < 4.78 is 5.24. The highest BCUT2D eigenvalue weighted by molar-refractivity contribution is 5.98.